The highest BCUT2D eigenvalue weighted by molar-refractivity contribution is 6.48. The Bertz CT molecular complexity index is 877. The van der Waals surface area contributed by atoms with Gasteiger partial charge in [-0.1, -0.05) is 38.5 Å². The largest absolute Gasteiger partial charge is 0.477 e. The average Bonchev–Trinajstić information content (AvgIpc) is 3.11. The maximum absolute atomic E-state index is 13.2. The summed E-state index contributed by atoms with van der Waals surface area (Å²) >= 11 is 0. The summed E-state index contributed by atoms with van der Waals surface area (Å²) in [5.41, 5.74) is 1.72. The first-order valence-electron chi connectivity index (χ1n) is 12.3. The molecule has 0 unspecified atom stereocenters. The Morgan fingerprint density at radius 2 is 2.03 bits per heavy atom. The Morgan fingerprint density at radius 1 is 1.32 bits per heavy atom. The van der Waals surface area contributed by atoms with Gasteiger partial charge in [-0.05, 0) is 49.9 Å². The van der Waals surface area contributed by atoms with Crippen LogP contribution in [0.15, 0.2) is 35.6 Å². The Hall–Kier alpha value is -2.39. The summed E-state index contributed by atoms with van der Waals surface area (Å²) in [6, 6.07) is -0.108. The molecule has 3 rings (SSSR count). The van der Waals surface area contributed by atoms with Gasteiger partial charge in [-0.3, -0.25) is 4.79 Å². The number of carboxylic acid groups (broad SMARTS) is 1. The van der Waals surface area contributed by atoms with Gasteiger partial charge in [0.2, 0.25) is 5.91 Å². The van der Waals surface area contributed by atoms with Gasteiger partial charge in [-0.25, -0.2) is 9.59 Å². The van der Waals surface area contributed by atoms with Crippen LogP contribution in [-0.2, 0) is 18.8 Å². The number of amides is 2. The minimum atomic E-state index is -1.21. The molecule has 2 fully saturated rings. The first kappa shape index (κ1) is 26.2. The Kier molecular flexibility index (Phi) is 8.76. The van der Waals surface area contributed by atoms with Crippen molar-refractivity contribution in [2.24, 2.45) is 17.8 Å². The summed E-state index contributed by atoms with van der Waals surface area (Å²) < 4.78 is 11.1. The molecular weight excluding hydrogens is 452 g/mol. The van der Waals surface area contributed by atoms with E-state index < -0.39 is 15.0 Å². The van der Waals surface area contributed by atoms with Crippen molar-refractivity contribution < 1.29 is 28.7 Å². The zero-order valence-corrected chi connectivity index (χ0v) is 21.9. The molecule has 3 atom stereocenters. The molecule has 188 valence electrons. The molecule has 0 saturated carbocycles. The highest BCUT2D eigenvalue weighted by Crippen LogP contribution is 2.48. The third-order valence-corrected chi connectivity index (χ3v) is 7.80. The molecule has 0 aliphatic carbocycles. The van der Waals surface area contributed by atoms with Gasteiger partial charge in [-0.15, -0.1) is 0 Å². The third-order valence-electron chi connectivity index (χ3n) is 6.95. The summed E-state index contributed by atoms with van der Waals surface area (Å²) in [6.07, 6.45) is 6.75. The third kappa shape index (κ3) is 5.46. The highest BCUT2D eigenvalue weighted by atomic mass is 28.3. The van der Waals surface area contributed by atoms with E-state index in [2.05, 4.69) is 26.6 Å². The lowest BCUT2D eigenvalue weighted by atomic mass is 9.75. The van der Waals surface area contributed by atoms with Crippen molar-refractivity contribution in [2.75, 3.05) is 26.3 Å². The van der Waals surface area contributed by atoms with Gasteiger partial charge in [-0.2, -0.15) is 0 Å². The SMILES string of the molecule is C=CCOC(=O)N1CC(C=C(C)C2=C(C(=O)O)N3C(=O)[C@@H]([C@@H](CCCC)CO[SiH](C)C)[C@H]3C2)C1. The van der Waals surface area contributed by atoms with Crippen LogP contribution in [0.4, 0.5) is 4.79 Å². The van der Waals surface area contributed by atoms with Crippen molar-refractivity contribution in [1.29, 1.82) is 0 Å². The number of unbranched alkanes of at least 4 members (excludes halogenated alkanes) is 1. The van der Waals surface area contributed by atoms with Crippen LogP contribution < -0.4 is 0 Å². The number of hydrogen-bond acceptors (Lipinski definition) is 5. The Balaban J connectivity index is 1.70. The predicted octanol–water partition coefficient (Wildman–Crippen LogP) is 3.56. The molecule has 8 nitrogen and oxygen atoms in total. The van der Waals surface area contributed by atoms with Crippen molar-refractivity contribution in [2.45, 2.75) is 58.7 Å². The number of nitrogens with zero attached hydrogens (tertiary/aromatic N) is 2. The molecule has 0 bridgehead atoms. The number of β-lactam (4-membered cyclic amide) rings is 1. The van der Waals surface area contributed by atoms with E-state index in [1.807, 2.05) is 13.0 Å². The maximum Gasteiger partial charge on any atom is 0.410 e. The second kappa shape index (κ2) is 11.4. The number of ether oxygens (including phenoxy) is 1. The van der Waals surface area contributed by atoms with Crippen molar-refractivity contribution in [3.63, 3.8) is 0 Å². The van der Waals surface area contributed by atoms with Crippen molar-refractivity contribution >= 4 is 27.0 Å². The first-order valence-corrected chi connectivity index (χ1v) is 15.1. The van der Waals surface area contributed by atoms with Crippen LogP contribution in [0.2, 0.25) is 13.1 Å². The monoisotopic (exact) mass is 490 g/mol. The van der Waals surface area contributed by atoms with E-state index in [0.29, 0.717) is 26.1 Å². The van der Waals surface area contributed by atoms with Crippen molar-refractivity contribution in [1.82, 2.24) is 9.80 Å². The molecule has 1 N–H and O–H groups in total. The molecule has 0 spiro atoms. The molecule has 3 heterocycles. The molecule has 0 aromatic rings. The molecule has 0 aromatic heterocycles. The number of likely N-dealkylation sites (tertiary alicyclic amines) is 1. The fourth-order valence-corrected chi connectivity index (χ4v) is 5.83. The number of rotatable bonds is 12. The second-order valence-corrected chi connectivity index (χ2v) is 12.2. The zero-order chi connectivity index (χ0) is 25.0. The molecule has 2 saturated heterocycles. The van der Waals surface area contributed by atoms with Crippen molar-refractivity contribution in [3.05, 3.63) is 35.6 Å². The van der Waals surface area contributed by atoms with E-state index in [0.717, 1.165) is 30.4 Å². The molecule has 3 aliphatic rings. The second-order valence-electron chi connectivity index (χ2n) is 9.80. The minimum absolute atomic E-state index is 0.0832. The molecule has 0 aromatic carbocycles. The van der Waals surface area contributed by atoms with Crippen molar-refractivity contribution in [3.8, 4) is 0 Å². The van der Waals surface area contributed by atoms with Crippen LogP contribution >= 0.6 is 0 Å². The quantitative estimate of drug-likeness (QED) is 0.255. The number of carboxylic acids is 1. The standard InChI is InChI=1S/C25H38N2O6Si/c1-6-8-9-18(15-33-34(4)5)21-20-12-19(22(24(29)30)27(20)23(21)28)16(3)11-17-13-26(14-17)25(31)32-10-7-2/h7,11,17-18,20-21,34H,2,6,8-10,12-15H2,1,3-5H3,(H,29,30)/t18-,20+,21-/m0/s1. The van der Waals surface area contributed by atoms with Crippen LogP contribution in [0.1, 0.15) is 39.5 Å². The van der Waals surface area contributed by atoms with Gasteiger partial charge in [0.25, 0.3) is 0 Å². The van der Waals surface area contributed by atoms with E-state index in [1.54, 1.807) is 4.90 Å². The summed E-state index contributed by atoms with van der Waals surface area (Å²) in [5.74, 6) is -1.06. The fraction of sp³-hybridized carbons (Fsp3) is 0.640. The van der Waals surface area contributed by atoms with Gasteiger partial charge >= 0.3 is 12.1 Å². The number of carbonyl (C=O) groups excluding carboxylic acids is 2. The highest BCUT2D eigenvalue weighted by Gasteiger charge is 2.57. The lowest BCUT2D eigenvalue weighted by molar-refractivity contribution is -0.159. The van der Waals surface area contributed by atoms with Gasteiger partial charge < -0.3 is 24.1 Å². The number of fused-ring (bicyclic) bond motifs is 1. The van der Waals surface area contributed by atoms with E-state index in [4.69, 9.17) is 9.16 Å². The summed E-state index contributed by atoms with van der Waals surface area (Å²) in [4.78, 5) is 40.3. The molecule has 0 radical (unpaired) electrons. The summed E-state index contributed by atoms with van der Waals surface area (Å²) in [6.45, 7) is 13.7. The normalized spacial score (nSPS) is 23.6. The smallest absolute Gasteiger partial charge is 0.410 e. The number of carbonyl (C=O) groups is 3. The summed E-state index contributed by atoms with van der Waals surface area (Å²) in [7, 11) is -1.21. The topological polar surface area (TPSA) is 96.4 Å². The van der Waals surface area contributed by atoms with Crippen LogP contribution in [0, 0.1) is 17.8 Å². The molecule has 9 heteroatoms. The minimum Gasteiger partial charge on any atom is -0.477 e. The fourth-order valence-electron chi connectivity index (χ4n) is 5.20. The predicted molar refractivity (Wildman–Crippen MR) is 132 cm³/mol. The molecular formula is C25H38N2O6Si. The number of allylic oxidation sites excluding steroid dienone is 1. The van der Waals surface area contributed by atoms with Gasteiger partial charge in [0, 0.05) is 25.6 Å². The van der Waals surface area contributed by atoms with Crippen LogP contribution in [0.25, 0.3) is 0 Å². The van der Waals surface area contributed by atoms with E-state index in [-0.39, 0.29) is 48.1 Å². The first-order chi connectivity index (χ1) is 16.2. The van der Waals surface area contributed by atoms with Gasteiger partial charge in [0.1, 0.15) is 12.3 Å². The van der Waals surface area contributed by atoms with E-state index >= 15 is 0 Å². The van der Waals surface area contributed by atoms with Crippen LogP contribution in [0.3, 0.4) is 0 Å². The number of hydrogen-bond donors (Lipinski definition) is 1. The van der Waals surface area contributed by atoms with Gasteiger partial charge in [0.15, 0.2) is 9.04 Å². The Morgan fingerprint density at radius 3 is 2.62 bits per heavy atom. The van der Waals surface area contributed by atoms with Gasteiger partial charge in [0.05, 0.1) is 12.0 Å². The molecule has 3 aliphatic heterocycles. The van der Waals surface area contributed by atoms with E-state index in [1.165, 1.54) is 11.0 Å². The maximum atomic E-state index is 13.2. The van der Waals surface area contributed by atoms with Crippen LogP contribution in [0.5, 0.6) is 0 Å². The molecule has 34 heavy (non-hydrogen) atoms. The average molecular weight is 491 g/mol. The Labute approximate surface area is 204 Å². The lowest BCUT2D eigenvalue weighted by Gasteiger charge is -2.47. The van der Waals surface area contributed by atoms with E-state index in [9.17, 15) is 19.5 Å². The lowest BCUT2D eigenvalue weighted by Crippen LogP contribution is -2.61. The summed E-state index contributed by atoms with van der Waals surface area (Å²) in [5, 5.41) is 9.94. The van der Waals surface area contributed by atoms with Crippen LogP contribution in [-0.4, -0.2) is 74.3 Å². The number of aliphatic carboxylic acids is 1. The molecule has 2 amide bonds. The zero-order valence-electron chi connectivity index (χ0n) is 20.8.